The van der Waals surface area contributed by atoms with Crippen LogP contribution >= 0.6 is 0 Å². The topological polar surface area (TPSA) is 83.6 Å². The third kappa shape index (κ3) is 3.53. The molecule has 0 heterocycles. The van der Waals surface area contributed by atoms with Crippen LogP contribution in [0.25, 0.3) is 0 Å². The lowest BCUT2D eigenvalue weighted by molar-refractivity contribution is -0.111. The fraction of sp³-hybridized carbons (Fsp3) is 0.880. The van der Waals surface area contributed by atoms with Crippen molar-refractivity contribution in [2.75, 3.05) is 6.61 Å². The van der Waals surface area contributed by atoms with E-state index in [4.69, 9.17) is 10.8 Å². The Kier molecular flexibility index (Phi) is 6.26. The van der Waals surface area contributed by atoms with Gasteiger partial charge in [0, 0.05) is 12.0 Å². The number of nitrogens with two attached hydrogens (primary N) is 1. The van der Waals surface area contributed by atoms with Crippen LogP contribution < -0.4 is 5.73 Å². The number of aldehydes is 1. The summed E-state index contributed by atoms with van der Waals surface area (Å²) in [5, 5.41) is 19.8. The highest BCUT2D eigenvalue weighted by Crippen LogP contribution is 2.75. The molecule has 0 radical (unpaired) electrons. The molecule has 4 fully saturated rings. The molecule has 0 aromatic rings. The smallest absolute Gasteiger partial charge is 0.137 e. The van der Waals surface area contributed by atoms with Gasteiger partial charge in [-0.3, -0.25) is 0 Å². The molecule has 0 aliphatic heterocycles. The lowest BCUT2D eigenvalue weighted by Crippen LogP contribution is -2.44. The van der Waals surface area contributed by atoms with Crippen molar-refractivity contribution in [2.45, 2.75) is 83.3 Å². The van der Waals surface area contributed by atoms with E-state index in [1.807, 2.05) is 0 Å². The maximum atomic E-state index is 12.0. The van der Waals surface area contributed by atoms with E-state index in [0.717, 1.165) is 50.7 Å². The largest absolute Gasteiger partial charge is 0.396 e. The van der Waals surface area contributed by atoms with E-state index in [9.17, 15) is 9.90 Å². The standard InChI is InChI=1S/C25H41NO3/c1-15-11-19-16(2)8-9-21-24(20(19)12-15)25(21,23(26)14-28)18-6-3-5-17(13-18)22(29)7-4-10-27/h14-15,17-24,27,29H,2-13,26H2,1H3. The van der Waals surface area contributed by atoms with Gasteiger partial charge in [0.15, 0.2) is 0 Å². The first-order chi connectivity index (χ1) is 13.9. The first-order valence-corrected chi connectivity index (χ1v) is 12.1. The molecule has 4 nitrogen and oxygen atoms in total. The lowest BCUT2D eigenvalue weighted by atomic mass is 9.65. The summed E-state index contributed by atoms with van der Waals surface area (Å²) in [6.45, 7) is 6.95. The average Bonchev–Trinajstić information content (AvgIpc) is 3.29. The number of hydrogen-bond acceptors (Lipinski definition) is 4. The molecule has 4 N–H and O–H groups in total. The van der Waals surface area contributed by atoms with Crippen LogP contribution in [0.1, 0.15) is 71.1 Å². The Morgan fingerprint density at radius 3 is 2.79 bits per heavy atom. The zero-order valence-electron chi connectivity index (χ0n) is 18.1. The van der Waals surface area contributed by atoms with E-state index in [0.29, 0.717) is 42.4 Å². The number of rotatable bonds is 7. The summed E-state index contributed by atoms with van der Waals surface area (Å²) in [4.78, 5) is 12.0. The van der Waals surface area contributed by atoms with E-state index < -0.39 is 0 Å². The summed E-state index contributed by atoms with van der Waals surface area (Å²) in [7, 11) is 0. The van der Waals surface area contributed by atoms with E-state index in [-0.39, 0.29) is 30.1 Å². The second kappa shape index (κ2) is 8.43. The van der Waals surface area contributed by atoms with E-state index in [1.54, 1.807) is 0 Å². The predicted octanol–water partition coefficient (Wildman–Crippen LogP) is 3.70. The van der Waals surface area contributed by atoms with Gasteiger partial charge in [0.05, 0.1) is 12.1 Å². The first-order valence-electron chi connectivity index (χ1n) is 12.1. The highest BCUT2D eigenvalue weighted by atomic mass is 16.3. The van der Waals surface area contributed by atoms with Crippen LogP contribution in [0.2, 0.25) is 0 Å². The van der Waals surface area contributed by atoms with Gasteiger partial charge in [-0.1, -0.05) is 25.5 Å². The Bertz CT molecular complexity index is 621. The average molecular weight is 404 g/mol. The second-order valence-electron chi connectivity index (χ2n) is 10.9. The molecule has 0 spiro atoms. The van der Waals surface area contributed by atoms with Gasteiger partial charge in [0.25, 0.3) is 0 Å². The quantitative estimate of drug-likeness (QED) is 0.447. The second-order valence-corrected chi connectivity index (χ2v) is 10.9. The van der Waals surface area contributed by atoms with Crippen LogP contribution in [0.15, 0.2) is 12.2 Å². The number of allylic oxidation sites excluding steroid dienone is 1. The van der Waals surface area contributed by atoms with Crippen molar-refractivity contribution in [2.24, 2.45) is 52.6 Å². The van der Waals surface area contributed by atoms with Crippen molar-refractivity contribution >= 4 is 6.29 Å². The van der Waals surface area contributed by atoms with Gasteiger partial charge in [0.2, 0.25) is 0 Å². The van der Waals surface area contributed by atoms with Crippen molar-refractivity contribution in [3.05, 3.63) is 12.2 Å². The Hall–Kier alpha value is -0.710. The molecular weight excluding hydrogens is 362 g/mol. The van der Waals surface area contributed by atoms with Gasteiger partial charge in [0.1, 0.15) is 6.29 Å². The van der Waals surface area contributed by atoms with Crippen molar-refractivity contribution in [1.29, 1.82) is 0 Å². The number of fused-ring (bicyclic) bond motifs is 3. The molecule has 29 heavy (non-hydrogen) atoms. The molecule has 4 heteroatoms. The summed E-state index contributed by atoms with van der Waals surface area (Å²) in [6.07, 6.45) is 11.1. The number of aliphatic hydroxyl groups excluding tert-OH is 2. The molecule has 4 aliphatic rings. The number of hydrogen-bond donors (Lipinski definition) is 3. The molecule has 164 valence electrons. The van der Waals surface area contributed by atoms with Crippen LogP contribution in [0.5, 0.6) is 0 Å². The summed E-state index contributed by atoms with van der Waals surface area (Å²) in [5.74, 6) is 3.86. The number of carbonyl (C=O) groups is 1. The van der Waals surface area contributed by atoms with Gasteiger partial charge >= 0.3 is 0 Å². The van der Waals surface area contributed by atoms with Crippen LogP contribution in [-0.2, 0) is 4.79 Å². The zero-order chi connectivity index (χ0) is 20.8. The van der Waals surface area contributed by atoms with Crippen molar-refractivity contribution in [1.82, 2.24) is 0 Å². The highest BCUT2D eigenvalue weighted by Gasteiger charge is 2.73. The number of aliphatic hydroxyl groups is 2. The van der Waals surface area contributed by atoms with Crippen LogP contribution in [0, 0.1) is 46.8 Å². The molecule has 4 saturated carbocycles. The summed E-state index contributed by atoms with van der Waals surface area (Å²) < 4.78 is 0. The number of carbonyl (C=O) groups excluding carboxylic acids is 1. The van der Waals surface area contributed by atoms with Gasteiger partial charge in [-0.15, -0.1) is 0 Å². The zero-order valence-corrected chi connectivity index (χ0v) is 18.1. The molecule has 0 bridgehead atoms. The third-order valence-electron chi connectivity index (χ3n) is 9.50. The van der Waals surface area contributed by atoms with Crippen molar-refractivity contribution < 1.29 is 15.0 Å². The molecule has 0 amide bonds. The molecule has 0 aromatic heterocycles. The monoisotopic (exact) mass is 403 g/mol. The van der Waals surface area contributed by atoms with Crippen molar-refractivity contribution in [3.8, 4) is 0 Å². The molecule has 0 aromatic carbocycles. The van der Waals surface area contributed by atoms with Gasteiger partial charge in [-0.2, -0.15) is 0 Å². The van der Waals surface area contributed by atoms with E-state index in [2.05, 4.69) is 13.5 Å². The summed E-state index contributed by atoms with van der Waals surface area (Å²) >= 11 is 0. The predicted molar refractivity (Wildman–Crippen MR) is 115 cm³/mol. The van der Waals surface area contributed by atoms with Crippen molar-refractivity contribution in [3.63, 3.8) is 0 Å². The Morgan fingerprint density at radius 1 is 1.28 bits per heavy atom. The van der Waals surface area contributed by atoms with E-state index >= 15 is 0 Å². The van der Waals surface area contributed by atoms with Gasteiger partial charge in [-0.05, 0) is 99.2 Å². The maximum absolute atomic E-state index is 12.0. The Labute approximate surface area is 176 Å². The lowest BCUT2D eigenvalue weighted by Gasteiger charge is -2.41. The van der Waals surface area contributed by atoms with Crippen LogP contribution in [-0.4, -0.2) is 35.3 Å². The molecule has 4 aliphatic carbocycles. The molecule has 4 rings (SSSR count). The first kappa shape index (κ1) is 21.5. The Morgan fingerprint density at radius 2 is 2.07 bits per heavy atom. The minimum atomic E-state index is -0.376. The van der Waals surface area contributed by atoms with Crippen LogP contribution in [0.3, 0.4) is 0 Å². The summed E-state index contributed by atoms with van der Waals surface area (Å²) in [6, 6.07) is -0.376. The fourth-order valence-electron chi connectivity index (χ4n) is 8.36. The Balaban J connectivity index is 1.59. The van der Waals surface area contributed by atoms with E-state index in [1.165, 1.54) is 18.4 Å². The van der Waals surface area contributed by atoms with Crippen LogP contribution in [0.4, 0.5) is 0 Å². The molecular formula is C25H41NO3. The molecule has 10 atom stereocenters. The maximum Gasteiger partial charge on any atom is 0.137 e. The normalized spacial score (nSPS) is 46.3. The molecule has 0 saturated heterocycles. The minimum Gasteiger partial charge on any atom is -0.396 e. The highest BCUT2D eigenvalue weighted by molar-refractivity contribution is 5.61. The van der Waals surface area contributed by atoms with Gasteiger partial charge < -0.3 is 20.7 Å². The minimum absolute atomic E-state index is 0.0508. The SMILES string of the molecule is C=C1CCC2C(C3CC(C)CC13)C2(C(N)C=O)C1CCCC(C(O)CCCO)C1. The van der Waals surface area contributed by atoms with Gasteiger partial charge in [-0.25, -0.2) is 0 Å². The summed E-state index contributed by atoms with van der Waals surface area (Å²) in [5.41, 5.74) is 8.02. The fourth-order valence-corrected chi connectivity index (χ4v) is 8.36. The third-order valence-corrected chi connectivity index (χ3v) is 9.50. The molecule has 10 unspecified atom stereocenters.